The first kappa shape index (κ1) is 15.3. The van der Waals surface area contributed by atoms with Crippen molar-refractivity contribution in [3.63, 3.8) is 0 Å². The highest BCUT2D eigenvalue weighted by Gasteiger charge is 2.15. The molecule has 0 unspecified atom stereocenters. The smallest absolute Gasteiger partial charge is 0.339 e. The van der Waals surface area contributed by atoms with Crippen LogP contribution in [0.3, 0.4) is 0 Å². The van der Waals surface area contributed by atoms with Crippen molar-refractivity contribution in [2.45, 2.75) is 6.42 Å². The molecular weight excluding hydrogens is 312 g/mol. The topological polar surface area (TPSA) is 71.5 Å². The van der Waals surface area contributed by atoms with Crippen LogP contribution in [0.5, 0.6) is 5.75 Å². The van der Waals surface area contributed by atoms with E-state index >= 15 is 0 Å². The molecule has 6 heteroatoms. The monoisotopic (exact) mass is 328 g/mol. The van der Waals surface area contributed by atoms with Gasteiger partial charge in [-0.25, -0.2) is 9.78 Å². The fourth-order valence-corrected chi connectivity index (χ4v) is 3.24. The van der Waals surface area contributed by atoms with E-state index < -0.39 is 5.97 Å². The molecule has 3 rings (SSSR count). The first-order chi connectivity index (χ1) is 11.2. The predicted octanol–water partition coefficient (Wildman–Crippen LogP) is 3.66. The van der Waals surface area contributed by atoms with Crippen molar-refractivity contribution in [2.24, 2.45) is 0 Å². The maximum Gasteiger partial charge on any atom is 0.339 e. The molecule has 0 bridgehead atoms. The van der Waals surface area contributed by atoms with E-state index in [-0.39, 0.29) is 5.56 Å². The number of aromatic nitrogens is 1. The molecule has 2 N–H and O–H groups in total. The molecule has 1 heterocycles. The Morgan fingerprint density at radius 1 is 1.30 bits per heavy atom. The van der Waals surface area contributed by atoms with Gasteiger partial charge < -0.3 is 15.2 Å². The molecule has 0 aliphatic heterocycles. The Labute approximate surface area is 137 Å². The number of anilines is 1. The van der Waals surface area contributed by atoms with Gasteiger partial charge in [0.15, 0.2) is 5.13 Å². The van der Waals surface area contributed by atoms with Gasteiger partial charge in [-0.05, 0) is 18.1 Å². The van der Waals surface area contributed by atoms with E-state index in [1.807, 2.05) is 18.2 Å². The highest BCUT2D eigenvalue weighted by atomic mass is 32.1. The second-order valence-electron chi connectivity index (χ2n) is 5.01. The molecule has 1 aromatic heterocycles. The zero-order valence-corrected chi connectivity index (χ0v) is 13.4. The summed E-state index contributed by atoms with van der Waals surface area (Å²) in [5.74, 6) is -0.679. The zero-order chi connectivity index (χ0) is 16.2. The van der Waals surface area contributed by atoms with Crippen LogP contribution < -0.4 is 10.1 Å². The summed E-state index contributed by atoms with van der Waals surface area (Å²) in [4.78, 5) is 15.7. The van der Waals surface area contributed by atoms with E-state index in [1.165, 1.54) is 24.0 Å². The second-order valence-corrected chi connectivity index (χ2v) is 6.04. The van der Waals surface area contributed by atoms with E-state index in [0.29, 0.717) is 5.75 Å². The van der Waals surface area contributed by atoms with Crippen molar-refractivity contribution in [3.05, 3.63) is 53.6 Å². The Hall–Kier alpha value is -2.60. The fourth-order valence-electron chi connectivity index (χ4n) is 2.32. The van der Waals surface area contributed by atoms with Crippen LogP contribution in [0.4, 0.5) is 5.13 Å². The van der Waals surface area contributed by atoms with Crippen LogP contribution in [0.15, 0.2) is 42.5 Å². The molecule has 0 atom stereocenters. The summed E-state index contributed by atoms with van der Waals surface area (Å²) in [6.07, 6.45) is 0.903. The van der Waals surface area contributed by atoms with Crippen molar-refractivity contribution in [1.29, 1.82) is 0 Å². The van der Waals surface area contributed by atoms with E-state index in [1.54, 1.807) is 12.1 Å². The number of aromatic carboxylic acids is 1. The largest absolute Gasteiger partial charge is 0.496 e. The number of ether oxygens (including phenoxy) is 1. The molecule has 0 spiro atoms. The molecule has 0 saturated carbocycles. The summed E-state index contributed by atoms with van der Waals surface area (Å²) in [5, 5.41) is 13.3. The molecule has 23 heavy (non-hydrogen) atoms. The third-order valence-electron chi connectivity index (χ3n) is 3.47. The average Bonchev–Trinajstić information content (AvgIpc) is 2.96. The number of carboxylic acid groups (broad SMARTS) is 1. The zero-order valence-electron chi connectivity index (χ0n) is 12.6. The SMILES string of the molecule is COc1cc2nc(NCCc3ccccc3)sc2cc1C(=O)O. The van der Waals surface area contributed by atoms with Crippen molar-refractivity contribution >= 4 is 32.7 Å². The third kappa shape index (κ3) is 3.43. The highest BCUT2D eigenvalue weighted by molar-refractivity contribution is 7.22. The number of methoxy groups -OCH3 is 1. The number of thiazole rings is 1. The van der Waals surface area contributed by atoms with Crippen LogP contribution in [0.2, 0.25) is 0 Å². The third-order valence-corrected chi connectivity index (χ3v) is 4.45. The predicted molar refractivity (Wildman–Crippen MR) is 91.8 cm³/mol. The minimum absolute atomic E-state index is 0.152. The molecular formula is C17H16N2O3S. The number of carbonyl (C=O) groups is 1. The maximum absolute atomic E-state index is 11.2. The van der Waals surface area contributed by atoms with Gasteiger partial charge in [0.2, 0.25) is 0 Å². The van der Waals surface area contributed by atoms with Gasteiger partial charge in [-0.15, -0.1) is 0 Å². The lowest BCUT2D eigenvalue weighted by molar-refractivity contribution is 0.0693. The summed E-state index contributed by atoms with van der Waals surface area (Å²) in [5.41, 5.74) is 2.15. The maximum atomic E-state index is 11.2. The lowest BCUT2D eigenvalue weighted by Crippen LogP contribution is -2.04. The average molecular weight is 328 g/mol. The Bertz CT molecular complexity index is 830. The van der Waals surface area contributed by atoms with Gasteiger partial charge in [-0.1, -0.05) is 41.7 Å². The molecule has 2 aromatic carbocycles. The normalized spacial score (nSPS) is 10.7. The molecule has 0 amide bonds. The van der Waals surface area contributed by atoms with Crippen LogP contribution in [-0.2, 0) is 6.42 Å². The summed E-state index contributed by atoms with van der Waals surface area (Å²) >= 11 is 1.44. The quantitative estimate of drug-likeness (QED) is 0.722. The van der Waals surface area contributed by atoms with Crippen molar-refractivity contribution in [2.75, 3.05) is 19.0 Å². The minimum Gasteiger partial charge on any atom is -0.496 e. The van der Waals surface area contributed by atoms with Gasteiger partial charge in [0.1, 0.15) is 11.3 Å². The van der Waals surface area contributed by atoms with E-state index in [4.69, 9.17) is 4.74 Å². The molecule has 118 valence electrons. The summed E-state index contributed by atoms with van der Waals surface area (Å²) in [7, 11) is 1.46. The number of fused-ring (bicyclic) bond motifs is 1. The Kier molecular flexibility index (Phi) is 4.43. The van der Waals surface area contributed by atoms with Gasteiger partial charge in [0, 0.05) is 12.6 Å². The molecule has 0 radical (unpaired) electrons. The Morgan fingerprint density at radius 3 is 2.78 bits per heavy atom. The Morgan fingerprint density at radius 2 is 2.09 bits per heavy atom. The summed E-state index contributed by atoms with van der Waals surface area (Å²) in [6.45, 7) is 0.771. The number of nitrogens with one attached hydrogen (secondary N) is 1. The Balaban J connectivity index is 1.76. The van der Waals surface area contributed by atoms with Gasteiger partial charge in [-0.2, -0.15) is 0 Å². The lowest BCUT2D eigenvalue weighted by atomic mass is 10.1. The van der Waals surface area contributed by atoms with E-state index in [0.717, 1.165) is 28.3 Å². The van der Waals surface area contributed by atoms with Gasteiger partial charge in [0.25, 0.3) is 0 Å². The van der Waals surface area contributed by atoms with Crippen molar-refractivity contribution in [3.8, 4) is 5.75 Å². The van der Waals surface area contributed by atoms with E-state index in [2.05, 4.69) is 22.4 Å². The van der Waals surface area contributed by atoms with Crippen LogP contribution in [-0.4, -0.2) is 29.7 Å². The first-order valence-corrected chi connectivity index (χ1v) is 7.98. The number of hydrogen-bond donors (Lipinski definition) is 2. The lowest BCUT2D eigenvalue weighted by Gasteiger charge is -2.03. The van der Waals surface area contributed by atoms with E-state index in [9.17, 15) is 9.90 Å². The number of benzene rings is 2. The number of carboxylic acids is 1. The summed E-state index contributed by atoms with van der Waals surface area (Å²) < 4.78 is 5.95. The molecule has 0 aliphatic carbocycles. The van der Waals surface area contributed by atoms with Gasteiger partial charge >= 0.3 is 5.97 Å². The fraction of sp³-hybridized carbons (Fsp3) is 0.176. The molecule has 0 fully saturated rings. The second kappa shape index (κ2) is 6.66. The number of hydrogen-bond acceptors (Lipinski definition) is 5. The summed E-state index contributed by atoms with van der Waals surface area (Å²) in [6, 6.07) is 13.5. The standard InChI is InChI=1S/C17H16N2O3S/c1-22-14-10-13-15(9-12(14)16(20)21)23-17(19-13)18-8-7-11-5-3-2-4-6-11/h2-6,9-10H,7-8H2,1H3,(H,18,19)(H,20,21). The molecule has 5 nitrogen and oxygen atoms in total. The van der Waals surface area contributed by atoms with Gasteiger partial charge in [0.05, 0.1) is 17.3 Å². The number of rotatable bonds is 6. The first-order valence-electron chi connectivity index (χ1n) is 7.17. The van der Waals surface area contributed by atoms with Gasteiger partial charge in [-0.3, -0.25) is 0 Å². The van der Waals surface area contributed by atoms with Crippen LogP contribution >= 0.6 is 11.3 Å². The van der Waals surface area contributed by atoms with Crippen molar-refractivity contribution < 1.29 is 14.6 Å². The van der Waals surface area contributed by atoms with Crippen molar-refractivity contribution in [1.82, 2.24) is 4.98 Å². The van der Waals surface area contributed by atoms with Crippen LogP contribution in [0.25, 0.3) is 10.2 Å². The highest BCUT2D eigenvalue weighted by Crippen LogP contribution is 2.31. The number of nitrogens with zero attached hydrogens (tertiary/aromatic N) is 1. The van der Waals surface area contributed by atoms with Crippen LogP contribution in [0, 0.1) is 0 Å². The molecule has 3 aromatic rings. The van der Waals surface area contributed by atoms with Crippen LogP contribution in [0.1, 0.15) is 15.9 Å². The molecule has 0 aliphatic rings. The molecule has 0 saturated heterocycles. The minimum atomic E-state index is -1.00.